The first kappa shape index (κ1) is 16.7. The lowest BCUT2D eigenvalue weighted by Gasteiger charge is -2.12. The zero-order valence-electron chi connectivity index (χ0n) is 14.5. The fourth-order valence-electron chi connectivity index (χ4n) is 3.47. The molecule has 1 aromatic heterocycles. The summed E-state index contributed by atoms with van der Waals surface area (Å²) in [6, 6.07) is 11.5. The fraction of sp³-hybridized carbons (Fsp3) is 0.250. The van der Waals surface area contributed by atoms with Crippen LogP contribution in [0, 0.1) is 13.8 Å². The van der Waals surface area contributed by atoms with Crippen LogP contribution in [0.2, 0.25) is 0 Å². The molecule has 0 spiro atoms. The topological polar surface area (TPSA) is 29.9 Å². The highest BCUT2D eigenvalue weighted by atomic mass is 19.4. The molecule has 134 valence electrons. The van der Waals surface area contributed by atoms with E-state index in [1.807, 2.05) is 32.0 Å². The van der Waals surface area contributed by atoms with Gasteiger partial charge in [-0.15, -0.1) is 0 Å². The van der Waals surface area contributed by atoms with Gasteiger partial charge in [0.2, 0.25) is 0 Å². The van der Waals surface area contributed by atoms with Crippen LogP contribution in [0.5, 0.6) is 0 Å². The Morgan fingerprint density at radius 1 is 1.04 bits per heavy atom. The summed E-state index contributed by atoms with van der Waals surface area (Å²) >= 11 is 0. The van der Waals surface area contributed by atoms with E-state index >= 15 is 0 Å². The molecule has 0 saturated heterocycles. The Morgan fingerprint density at radius 3 is 2.58 bits per heavy atom. The normalized spacial score (nSPS) is 13.6. The molecule has 4 rings (SSSR count). The monoisotopic (exact) mass is 357 g/mol. The molecule has 26 heavy (non-hydrogen) atoms. The molecule has 0 amide bonds. The Kier molecular flexibility index (Phi) is 3.79. The second-order valence-corrected chi connectivity index (χ2v) is 6.53. The van der Waals surface area contributed by atoms with E-state index in [0.717, 1.165) is 34.3 Å². The summed E-state index contributed by atoms with van der Waals surface area (Å²) in [5.74, 6) is 0.783. The largest absolute Gasteiger partial charge is 0.417 e. The minimum atomic E-state index is -4.42. The number of fused-ring (bicyclic) bond motifs is 1. The minimum Gasteiger partial charge on any atom is -0.369 e. The van der Waals surface area contributed by atoms with Crippen LogP contribution in [0.4, 0.5) is 19.0 Å². The van der Waals surface area contributed by atoms with Gasteiger partial charge in [-0.25, -0.2) is 4.68 Å². The minimum absolute atomic E-state index is 0.129. The first-order chi connectivity index (χ1) is 12.4. The van der Waals surface area contributed by atoms with Crippen molar-refractivity contribution in [3.8, 4) is 16.9 Å². The van der Waals surface area contributed by atoms with Crippen LogP contribution in [-0.2, 0) is 12.6 Å². The molecule has 0 atom stereocenters. The first-order valence-corrected chi connectivity index (χ1v) is 8.47. The van der Waals surface area contributed by atoms with Gasteiger partial charge in [-0.2, -0.15) is 18.3 Å². The van der Waals surface area contributed by atoms with Crippen LogP contribution >= 0.6 is 0 Å². The Bertz CT molecular complexity index is 986. The lowest BCUT2D eigenvalue weighted by molar-refractivity contribution is -0.137. The average molecular weight is 357 g/mol. The highest BCUT2D eigenvalue weighted by Gasteiger charge is 2.36. The molecule has 6 heteroatoms. The van der Waals surface area contributed by atoms with Crippen LogP contribution in [0.3, 0.4) is 0 Å². The third-order valence-corrected chi connectivity index (χ3v) is 4.94. The summed E-state index contributed by atoms with van der Waals surface area (Å²) in [6.45, 7) is 4.70. The van der Waals surface area contributed by atoms with Crippen LogP contribution in [-0.4, -0.2) is 16.3 Å². The van der Waals surface area contributed by atoms with E-state index in [1.54, 1.807) is 10.7 Å². The molecule has 2 aromatic carbocycles. The van der Waals surface area contributed by atoms with Crippen molar-refractivity contribution in [1.29, 1.82) is 0 Å². The number of nitrogens with zero attached hydrogens (tertiary/aromatic N) is 2. The number of hydrogen-bond donors (Lipinski definition) is 1. The van der Waals surface area contributed by atoms with Gasteiger partial charge < -0.3 is 5.32 Å². The molecule has 0 saturated carbocycles. The average Bonchev–Trinajstić information content (AvgIpc) is 3.19. The number of hydrogen-bond acceptors (Lipinski definition) is 2. The van der Waals surface area contributed by atoms with Gasteiger partial charge in [0.15, 0.2) is 0 Å². The quantitative estimate of drug-likeness (QED) is 0.688. The predicted octanol–water partition coefficient (Wildman–Crippen LogP) is 5.14. The molecule has 0 bridgehead atoms. The Labute approximate surface area is 149 Å². The van der Waals surface area contributed by atoms with Crippen molar-refractivity contribution in [2.45, 2.75) is 26.4 Å². The van der Waals surface area contributed by atoms with E-state index in [9.17, 15) is 13.2 Å². The number of benzene rings is 2. The van der Waals surface area contributed by atoms with Crippen LogP contribution < -0.4 is 5.32 Å². The maximum absolute atomic E-state index is 13.5. The Balaban J connectivity index is 1.96. The molecular formula is C20H18F3N3. The van der Waals surface area contributed by atoms with Gasteiger partial charge in [0, 0.05) is 17.7 Å². The highest BCUT2D eigenvalue weighted by molar-refractivity contribution is 5.75. The van der Waals surface area contributed by atoms with Crippen LogP contribution in [0.25, 0.3) is 16.9 Å². The molecule has 3 nitrogen and oxygen atoms in total. The molecule has 1 aliphatic rings. The van der Waals surface area contributed by atoms with E-state index in [4.69, 9.17) is 0 Å². The molecule has 0 aliphatic carbocycles. The molecular weight excluding hydrogens is 339 g/mol. The van der Waals surface area contributed by atoms with E-state index in [-0.39, 0.29) is 5.56 Å². The van der Waals surface area contributed by atoms with Crippen molar-refractivity contribution < 1.29 is 13.2 Å². The van der Waals surface area contributed by atoms with Gasteiger partial charge in [0.05, 0.1) is 16.9 Å². The number of nitrogens with one attached hydrogen (secondary N) is 1. The number of rotatable bonds is 2. The van der Waals surface area contributed by atoms with E-state index in [1.165, 1.54) is 12.1 Å². The number of anilines is 1. The summed E-state index contributed by atoms with van der Waals surface area (Å²) in [5.41, 5.74) is 3.77. The zero-order chi connectivity index (χ0) is 18.5. The zero-order valence-corrected chi connectivity index (χ0v) is 14.5. The number of aryl methyl sites for hydroxylation is 1. The number of alkyl halides is 3. The summed E-state index contributed by atoms with van der Waals surface area (Å²) in [7, 11) is 0. The Hall–Kier alpha value is -2.76. The van der Waals surface area contributed by atoms with Crippen molar-refractivity contribution in [1.82, 2.24) is 9.78 Å². The van der Waals surface area contributed by atoms with Crippen molar-refractivity contribution in [2.24, 2.45) is 0 Å². The van der Waals surface area contributed by atoms with Crippen LogP contribution in [0.1, 0.15) is 22.3 Å². The van der Waals surface area contributed by atoms with E-state index in [2.05, 4.69) is 10.4 Å². The standard InChI is InChI=1S/C20H18F3N3/c1-12-6-5-9-17(13(12)2)26-19-15(10-11-24-19)18(25-26)14-7-3-4-8-16(14)20(21,22)23/h3-9,24H,10-11H2,1-2H3. The molecule has 1 N–H and O–H groups in total. The molecule has 0 fully saturated rings. The van der Waals surface area contributed by atoms with Crippen molar-refractivity contribution in [2.75, 3.05) is 11.9 Å². The van der Waals surface area contributed by atoms with Gasteiger partial charge in [-0.1, -0.05) is 30.3 Å². The third kappa shape index (κ3) is 2.57. The summed E-state index contributed by atoms with van der Waals surface area (Å²) in [4.78, 5) is 0. The summed E-state index contributed by atoms with van der Waals surface area (Å²) in [6.07, 6.45) is -3.76. The van der Waals surface area contributed by atoms with Gasteiger partial charge in [0.1, 0.15) is 5.82 Å². The van der Waals surface area contributed by atoms with Gasteiger partial charge in [0.25, 0.3) is 0 Å². The van der Waals surface area contributed by atoms with Crippen molar-refractivity contribution in [3.63, 3.8) is 0 Å². The number of aromatic nitrogens is 2. The van der Waals surface area contributed by atoms with Gasteiger partial charge in [-0.05, 0) is 43.5 Å². The van der Waals surface area contributed by atoms with Crippen molar-refractivity contribution in [3.05, 3.63) is 64.7 Å². The maximum atomic E-state index is 13.5. The Morgan fingerprint density at radius 2 is 1.81 bits per heavy atom. The third-order valence-electron chi connectivity index (χ3n) is 4.94. The molecule has 0 radical (unpaired) electrons. The number of halogens is 3. The highest BCUT2D eigenvalue weighted by Crippen LogP contribution is 2.41. The molecule has 3 aromatic rings. The van der Waals surface area contributed by atoms with E-state index in [0.29, 0.717) is 18.7 Å². The predicted molar refractivity (Wildman–Crippen MR) is 95.7 cm³/mol. The van der Waals surface area contributed by atoms with Crippen LogP contribution in [0.15, 0.2) is 42.5 Å². The maximum Gasteiger partial charge on any atom is 0.417 e. The molecule has 1 aliphatic heterocycles. The second-order valence-electron chi connectivity index (χ2n) is 6.53. The van der Waals surface area contributed by atoms with Gasteiger partial charge >= 0.3 is 6.18 Å². The first-order valence-electron chi connectivity index (χ1n) is 8.47. The molecule has 2 heterocycles. The summed E-state index contributed by atoms with van der Waals surface area (Å²) in [5, 5.41) is 7.88. The van der Waals surface area contributed by atoms with Crippen molar-refractivity contribution >= 4 is 5.82 Å². The smallest absolute Gasteiger partial charge is 0.369 e. The lowest BCUT2D eigenvalue weighted by Crippen LogP contribution is -2.09. The fourth-order valence-corrected chi connectivity index (χ4v) is 3.47. The van der Waals surface area contributed by atoms with Gasteiger partial charge in [-0.3, -0.25) is 0 Å². The lowest BCUT2D eigenvalue weighted by atomic mass is 10.0. The van der Waals surface area contributed by atoms with E-state index < -0.39 is 11.7 Å². The summed E-state index contributed by atoms with van der Waals surface area (Å²) < 4.78 is 42.2. The molecule has 0 unspecified atom stereocenters. The second kappa shape index (κ2) is 5.90. The SMILES string of the molecule is Cc1cccc(-n2nc(-c3ccccc3C(F)(F)F)c3c2NCC3)c1C.